The van der Waals surface area contributed by atoms with Crippen molar-refractivity contribution < 1.29 is 43.7 Å². The summed E-state index contributed by atoms with van der Waals surface area (Å²) in [5.41, 5.74) is -3.30. The Hall–Kier alpha value is -0.480. The lowest BCUT2D eigenvalue weighted by Crippen LogP contribution is -2.53. The van der Waals surface area contributed by atoms with Gasteiger partial charge in [0.25, 0.3) is 0 Å². The highest BCUT2D eigenvalue weighted by Crippen LogP contribution is 2.32. The van der Waals surface area contributed by atoms with Crippen LogP contribution in [-0.2, 0) is 28.4 Å². The summed E-state index contributed by atoms with van der Waals surface area (Å²) in [6.45, 7) is 7.30. The van der Waals surface area contributed by atoms with Crippen LogP contribution >= 0.6 is 0 Å². The SMILES string of the molecule is OC1(CN2CCN(CC3(O)COC4CCCCC4OC3)CCN(CC3(O)COC4CCCCC4OC3)CC2)COC2CCCCC2OC1. The van der Waals surface area contributed by atoms with Crippen LogP contribution in [0.4, 0.5) is 0 Å². The Labute approximate surface area is 287 Å². The summed E-state index contributed by atoms with van der Waals surface area (Å²) < 4.78 is 37.6. The van der Waals surface area contributed by atoms with Gasteiger partial charge >= 0.3 is 0 Å². The first kappa shape index (κ1) is 35.9. The molecule has 7 rings (SSSR count). The lowest BCUT2D eigenvalue weighted by atomic mass is 9.95. The minimum absolute atomic E-state index is 0.0662. The van der Waals surface area contributed by atoms with Crippen LogP contribution in [0.25, 0.3) is 0 Å². The number of nitrogens with zero attached hydrogens (tertiary/aromatic N) is 3. The zero-order valence-corrected chi connectivity index (χ0v) is 29.2. The third kappa shape index (κ3) is 9.30. The molecule has 7 aliphatic rings. The minimum atomic E-state index is -1.10. The van der Waals surface area contributed by atoms with Gasteiger partial charge in [-0.15, -0.1) is 0 Å². The van der Waals surface area contributed by atoms with Gasteiger partial charge in [0.1, 0.15) is 16.8 Å². The Bertz CT molecular complexity index is 840. The first-order valence-electron chi connectivity index (χ1n) is 19.3. The molecule has 0 amide bonds. The Kier molecular flexibility index (Phi) is 12.0. The van der Waals surface area contributed by atoms with Crippen molar-refractivity contribution in [3.63, 3.8) is 0 Å². The summed E-state index contributed by atoms with van der Waals surface area (Å²) in [7, 11) is 0. The monoisotopic (exact) mass is 681 g/mol. The van der Waals surface area contributed by atoms with E-state index < -0.39 is 16.8 Å². The van der Waals surface area contributed by atoms with Gasteiger partial charge in [-0.1, -0.05) is 38.5 Å². The highest BCUT2D eigenvalue weighted by atomic mass is 16.6. The van der Waals surface area contributed by atoms with Crippen molar-refractivity contribution in [1.82, 2.24) is 14.7 Å². The maximum atomic E-state index is 11.8. The summed E-state index contributed by atoms with van der Waals surface area (Å²) in [6, 6.07) is 0. The van der Waals surface area contributed by atoms with Gasteiger partial charge in [-0.2, -0.15) is 0 Å². The lowest BCUT2D eigenvalue weighted by Gasteiger charge is -2.35. The van der Waals surface area contributed by atoms with Crippen molar-refractivity contribution in [3.8, 4) is 0 Å². The molecule has 12 heteroatoms. The Morgan fingerprint density at radius 2 is 0.542 bits per heavy atom. The van der Waals surface area contributed by atoms with E-state index in [1.54, 1.807) is 0 Å². The van der Waals surface area contributed by atoms with Crippen LogP contribution in [0.2, 0.25) is 0 Å². The van der Waals surface area contributed by atoms with Crippen molar-refractivity contribution >= 4 is 0 Å². The molecule has 6 atom stereocenters. The molecule has 3 N–H and O–H groups in total. The molecule has 4 aliphatic heterocycles. The van der Waals surface area contributed by atoms with E-state index in [1.807, 2.05) is 0 Å². The van der Waals surface area contributed by atoms with E-state index in [0.717, 1.165) is 116 Å². The molecule has 0 bridgehead atoms. The first-order chi connectivity index (χ1) is 23.3. The largest absolute Gasteiger partial charge is 0.384 e. The molecule has 0 radical (unpaired) electrons. The second-order valence-electron chi connectivity index (χ2n) is 16.5. The van der Waals surface area contributed by atoms with Gasteiger partial charge < -0.3 is 43.7 Å². The molecule has 0 aromatic carbocycles. The van der Waals surface area contributed by atoms with Crippen LogP contribution in [0.5, 0.6) is 0 Å². The molecule has 3 aliphatic carbocycles. The second kappa shape index (κ2) is 16.0. The molecule has 3 saturated carbocycles. The number of hydrogen-bond donors (Lipinski definition) is 3. The minimum Gasteiger partial charge on any atom is -0.384 e. The summed E-state index contributed by atoms with van der Waals surface area (Å²) in [5, 5.41) is 35.5. The van der Waals surface area contributed by atoms with E-state index >= 15 is 0 Å². The van der Waals surface area contributed by atoms with E-state index in [1.165, 1.54) is 0 Å². The van der Waals surface area contributed by atoms with Crippen LogP contribution < -0.4 is 0 Å². The van der Waals surface area contributed by atoms with Crippen LogP contribution in [0.3, 0.4) is 0 Å². The average Bonchev–Trinajstić information content (AvgIpc) is 3.43. The van der Waals surface area contributed by atoms with E-state index in [9.17, 15) is 15.3 Å². The lowest BCUT2D eigenvalue weighted by molar-refractivity contribution is -0.0874. The third-order valence-corrected chi connectivity index (χ3v) is 12.1. The van der Waals surface area contributed by atoms with Gasteiger partial charge in [0.2, 0.25) is 0 Å². The number of aliphatic hydroxyl groups is 3. The van der Waals surface area contributed by atoms with Crippen molar-refractivity contribution in [3.05, 3.63) is 0 Å². The Balaban J connectivity index is 1.03. The first-order valence-corrected chi connectivity index (χ1v) is 19.3. The quantitative estimate of drug-likeness (QED) is 0.373. The molecule has 0 aromatic rings. The summed E-state index contributed by atoms with van der Waals surface area (Å²) in [5.74, 6) is 0. The molecule has 4 heterocycles. The zero-order valence-electron chi connectivity index (χ0n) is 29.2. The Morgan fingerprint density at radius 3 is 0.729 bits per heavy atom. The topological polar surface area (TPSA) is 126 Å². The van der Waals surface area contributed by atoms with Crippen molar-refractivity contribution in [1.29, 1.82) is 0 Å². The third-order valence-electron chi connectivity index (χ3n) is 12.1. The van der Waals surface area contributed by atoms with Crippen LogP contribution in [0.1, 0.15) is 77.0 Å². The average molecular weight is 682 g/mol. The van der Waals surface area contributed by atoms with E-state index in [-0.39, 0.29) is 76.3 Å². The molecule has 0 aromatic heterocycles. The predicted octanol–water partition coefficient (Wildman–Crippen LogP) is 1.17. The molecular formula is C36H63N3O9. The second-order valence-corrected chi connectivity index (χ2v) is 16.5. The van der Waals surface area contributed by atoms with Gasteiger partial charge in [0, 0.05) is 58.9 Å². The van der Waals surface area contributed by atoms with Gasteiger partial charge in [0.05, 0.1) is 76.3 Å². The number of rotatable bonds is 6. The van der Waals surface area contributed by atoms with Gasteiger partial charge in [0.15, 0.2) is 0 Å². The van der Waals surface area contributed by atoms with E-state index in [0.29, 0.717) is 19.6 Å². The number of ether oxygens (including phenoxy) is 6. The van der Waals surface area contributed by atoms with Crippen LogP contribution in [0, 0.1) is 0 Å². The fraction of sp³-hybridized carbons (Fsp3) is 1.00. The summed E-state index contributed by atoms with van der Waals surface area (Å²) in [6.07, 6.45) is 13.2. The summed E-state index contributed by atoms with van der Waals surface area (Å²) >= 11 is 0. The smallest absolute Gasteiger partial charge is 0.124 e. The molecule has 276 valence electrons. The highest BCUT2D eigenvalue weighted by Gasteiger charge is 2.43. The van der Waals surface area contributed by atoms with E-state index in [2.05, 4.69) is 14.7 Å². The number of hydrogen-bond acceptors (Lipinski definition) is 12. The Morgan fingerprint density at radius 1 is 0.354 bits per heavy atom. The maximum absolute atomic E-state index is 11.8. The van der Waals surface area contributed by atoms with Crippen molar-refractivity contribution in [2.45, 2.75) is 130 Å². The van der Waals surface area contributed by atoms with E-state index in [4.69, 9.17) is 28.4 Å². The number of β-amino-alcohol motifs (C(OH)–C–C–N with tert-alkyl or cyclic N) is 3. The number of fused-ring (bicyclic) bond motifs is 3. The van der Waals surface area contributed by atoms with Crippen molar-refractivity contribution in [2.75, 3.05) is 98.5 Å². The van der Waals surface area contributed by atoms with Gasteiger partial charge in [-0.25, -0.2) is 0 Å². The fourth-order valence-electron chi connectivity index (χ4n) is 9.21. The predicted molar refractivity (Wildman–Crippen MR) is 178 cm³/mol. The van der Waals surface area contributed by atoms with Crippen molar-refractivity contribution in [2.24, 2.45) is 0 Å². The highest BCUT2D eigenvalue weighted by molar-refractivity contribution is 4.94. The molecule has 7 fully saturated rings. The fourth-order valence-corrected chi connectivity index (χ4v) is 9.21. The molecular weight excluding hydrogens is 618 g/mol. The standard InChI is InChI=1S/C36H63N3O9/c40-34(22-43-28-7-1-2-8-29(28)44-23-34)19-37-13-15-38(20-35(41)24-45-30-9-3-4-10-31(30)46-25-35)17-18-39(16-14-37)21-36(42)26-47-32-11-5-6-12-33(32)48-27-36/h28-33,40-42H,1-27H2. The normalized spacial score (nSPS) is 44.8. The van der Waals surface area contributed by atoms with Crippen LogP contribution in [0.15, 0.2) is 0 Å². The molecule has 48 heavy (non-hydrogen) atoms. The molecule has 6 unspecified atom stereocenters. The maximum Gasteiger partial charge on any atom is 0.124 e. The van der Waals surface area contributed by atoms with Gasteiger partial charge in [-0.3, -0.25) is 14.7 Å². The molecule has 4 saturated heterocycles. The molecule has 0 spiro atoms. The summed E-state index contributed by atoms with van der Waals surface area (Å²) in [4.78, 5) is 6.93. The van der Waals surface area contributed by atoms with Gasteiger partial charge in [-0.05, 0) is 38.5 Å². The zero-order chi connectivity index (χ0) is 33.0. The molecule has 12 nitrogen and oxygen atoms in total. The van der Waals surface area contributed by atoms with Crippen LogP contribution in [-0.4, -0.2) is 182 Å².